The van der Waals surface area contributed by atoms with Gasteiger partial charge in [0.2, 0.25) is 0 Å². The molecule has 0 aliphatic heterocycles. The molecule has 3 N–H and O–H groups in total. The predicted octanol–water partition coefficient (Wildman–Crippen LogP) is 4.35. The normalized spacial score (nSPS) is 13.0. The second-order valence-electron chi connectivity index (χ2n) is 5.70. The van der Waals surface area contributed by atoms with E-state index in [-0.39, 0.29) is 12.1 Å². The van der Waals surface area contributed by atoms with Gasteiger partial charge in [0.15, 0.2) is 0 Å². The number of carbonyl (C=O) groups is 2. The quantitative estimate of drug-likeness (QED) is 0.782. The summed E-state index contributed by atoms with van der Waals surface area (Å²) in [7, 11) is 0. The van der Waals surface area contributed by atoms with Crippen LogP contribution >= 0.6 is 0 Å². The molecule has 3 amide bonds. The molecule has 24 heavy (non-hydrogen) atoms. The number of ether oxygens (including phenoxy) is 1. The van der Waals surface area contributed by atoms with Crippen LogP contribution in [-0.4, -0.2) is 18.2 Å². The largest absolute Gasteiger partial charge is 0.446 e. The third-order valence-electron chi connectivity index (χ3n) is 3.56. The minimum absolute atomic E-state index is 0.0447. The second-order valence-corrected chi connectivity index (χ2v) is 5.70. The third kappa shape index (κ3) is 4.49. The lowest BCUT2D eigenvalue weighted by atomic mass is 10.2. The molecule has 2 aromatic rings. The van der Waals surface area contributed by atoms with Gasteiger partial charge in [-0.25, -0.2) is 9.59 Å². The maximum atomic E-state index is 12.0. The van der Waals surface area contributed by atoms with Gasteiger partial charge in [0.1, 0.15) is 6.10 Å². The molecule has 3 rings (SSSR count). The molecule has 0 unspecified atom stereocenters. The topological polar surface area (TPSA) is 79.5 Å². The molecule has 1 saturated carbocycles. The van der Waals surface area contributed by atoms with Crippen LogP contribution < -0.4 is 16.0 Å². The zero-order valence-electron chi connectivity index (χ0n) is 13.3. The zero-order chi connectivity index (χ0) is 16.9. The number of carbonyl (C=O) groups excluding carboxylic acids is 2. The summed E-state index contributed by atoms with van der Waals surface area (Å²) in [5.41, 5.74) is 2.78. The van der Waals surface area contributed by atoms with Crippen LogP contribution in [0.3, 0.4) is 0 Å². The van der Waals surface area contributed by atoms with E-state index in [9.17, 15) is 9.59 Å². The third-order valence-corrected chi connectivity index (χ3v) is 3.56. The minimum Gasteiger partial charge on any atom is -0.446 e. The summed E-state index contributed by atoms with van der Waals surface area (Å²) in [5.74, 6) is 0. The number of para-hydroxylation sites is 1. The maximum Gasteiger partial charge on any atom is 0.411 e. The highest BCUT2D eigenvalue weighted by Gasteiger charge is 2.26. The van der Waals surface area contributed by atoms with Crippen molar-refractivity contribution in [1.82, 2.24) is 0 Å². The van der Waals surface area contributed by atoms with Crippen molar-refractivity contribution >= 4 is 29.2 Å². The Kier molecular flexibility index (Phi) is 4.65. The second kappa shape index (κ2) is 7.04. The molecule has 1 aliphatic carbocycles. The summed E-state index contributed by atoms with van der Waals surface area (Å²) >= 11 is 0. The Morgan fingerprint density at radius 2 is 1.67 bits per heavy atom. The molecule has 6 nitrogen and oxygen atoms in total. The summed E-state index contributed by atoms with van der Waals surface area (Å²) in [6.45, 7) is 1.88. The molecule has 0 aromatic heterocycles. The highest BCUT2D eigenvalue weighted by Crippen LogP contribution is 2.25. The first-order valence-electron chi connectivity index (χ1n) is 7.81. The molecule has 1 aliphatic rings. The van der Waals surface area contributed by atoms with Gasteiger partial charge in [-0.15, -0.1) is 0 Å². The summed E-state index contributed by atoms with van der Waals surface area (Å²) in [5, 5.41) is 8.19. The fourth-order valence-corrected chi connectivity index (χ4v) is 2.13. The highest BCUT2D eigenvalue weighted by atomic mass is 16.6. The Balaban J connectivity index is 1.61. The van der Waals surface area contributed by atoms with E-state index in [4.69, 9.17) is 4.74 Å². The van der Waals surface area contributed by atoms with Crippen LogP contribution in [0.2, 0.25) is 0 Å². The first-order valence-corrected chi connectivity index (χ1v) is 7.81. The Bertz CT molecular complexity index is 742. The molecule has 0 heterocycles. The van der Waals surface area contributed by atoms with Gasteiger partial charge < -0.3 is 15.4 Å². The number of anilines is 3. The van der Waals surface area contributed by atoms with E-state index in [2.05, 4.69) is 16.0 Å². The number of rotatable bonds is 4. The summed E-state index contributed by atoms with van der Waals surface area (Å²) in [6, 6.07) is 14.1. The molecule has 2 aromatic carbocycles. The summed E-state index contributed by atoms with van der Waals surface area (Å²) < 4.78 is 5.17. The predicted molar refractivity (Wildman–Crippen MR) is 93.4 cm³/mol. The number of urea groups is 1. The molecule has 0 spiro atoms. The average Bonchev–Trinajstić information content (AvgIpc) is 3.35. The van der Waals surface area contributed by atoms with Crippen molar-refractivity contribution in [2.24, 2.45) is 0 Å². The fraction of sp³-hybridized carbons (Fsp3) is 0.222. The molecule has 1 fully saturated rings. The molecular formula is C18H19N3O3. The lowest BCUT2D eigenvalue weighted by Crippen LogP contribution is -2.20. The Labute approximate surface area is 140 Å². The van der Waals surface area contributed by atoms with Crippen molar-refractivity contribution in [1.29, 1.82) is 0 Å². The van der Waals surface area contributed by atoms with E-state index < -0.39 is 6.09 Å². The van der Waals surface area contributed by atoms with Crippen LogP contribution in [0.15, 0.2) is 48.5 Å². The van der Waals surface area contributed by atoms with Gasteiger partial charge in [-0.1, -0.05) is 24.3 Å². The fourth-order valence-electron chi connectivity index (χ4n) is 2.13. The first kappa shape index (κ1) is 15.9. The van der Waals surface area contributed by atoms with Crippen molar-refractivity contribution in [3.05, 3.63) is 54.1 Å². The molecule has 0 atom stereocenters. The van der Waals surface area contributed by atoms with Crippen molar-refractivity contribution in [2.75, 3.05) is 16.0 Å². The molecule has 124 valence electrons. The van der Waals surface area contributed by atoms with Crippen molar-refractivity contribution < 1.29 is 14.3 Å². The van der Waals surface area contributed by atoms with Gasteiger partial charge >= 0.3 is 12.1 Å². The SMILES string of the molecule is Cc1ccc(NC(=O)Nc2ccccc2)cc1NC(=O)OC1CC1. The monoisotopic (exact) mass is 325 g/mol. The van der Waals surface area contributed by atoms with Gasteiger partial charge in [-0.05, 0) is 49.6 Å². The first-order chi connectivity index (χ1) is 11.6. The van der Waals surface area contributed by atoms with Gasteiger partial charge in [0.25, 0.3) is 0 Å². The van der Waals surface area contributed by atoms with Crippen molar-refractivity contribution in [2.45, 2.75) is 25.9 Å². The van der Waals surface area contributed by atoms with Crippen molar-refractivity contribution in [3.63, 3.8) is 0 Å². The summed E-state index contributed by atoms with van der Waals surface area (Å²) in [6.07, 6.45) is 1.43. The molecule has 0 bridgehead atoms. The Morgan fingerprint density at radius 3 is 2.38 bits per heavy atom. The van der Waals surface area contributed by atoms with Gasteiger partial charge in [0, 0.05) is 17.1 Å². The van der Waals surface area contributed by atoms with Crippen LogP contribution in [0.25, 0.3) is 0 Å². The Morgan fingerprint density at radius 1 is 0.958 bits per heavy atom. The smallest absolute Gasteiger partial charge is 0.411 e. The molecular weight excluding hydrogens is 306 g/mol. The van der Waals surface area contributed by atoms with Crippen molar-refractivity contribution in [3.8, 4) is 0 Å². The highest BCUT2D eigenvalue weighted by molar-refractivity contribution is 6.00. The van der Waals surface area contributed by atoms with E-state index in [0.717, 1.165) is 18.4 Å². The van der Waals surface area contributed by atoms with Gasteiger partial charge in [-0.2, -0.15) is 0 Å². The number of aryl methyl sites for hydroxylation is 1. The van der Waals surface area contributed by atoms with E-state index in [0.29, 0.717) is 17.1 Å². The van der Waals surface area contributed by atoms with E-state index in [1.807, 2.05) is 31.2 Å². The lowest BCUT2D eigenvalue weighted by Gasteiger charge is -2.12. The van der Waals surface area contributed by atoms with Crippen LogP contribution in [0.5, 0.6) is 0 Å². The summed E-state index contributed by atoms with van der Waals surface area (Å²) in [4.78, 5) is 23.8. The van der Waals surface area contributed by atoms with Gasteiger partial charge in [0.05, 0.1) is 0 Å². The van der Waals surface area contributed by atoms with E-state index in [1.54, 1.807) is 24.3 Å². The van der Waals surface area contributed by atoms with Crippen LogP contribution in [-0.2, 0) is 4.74 Å². The minimum atomic E-state index is -0.466. The standard InChI is InChI=1S/C18H19N3O3/c1-12-7-8-14(11-16(12)21-18(23)24-15-9-10-15)20-17(22)19-13-5-3-2-4-6-13/h2-8,11,15H,9-10H2,1H3,(H,21,23)(H2,19,20,22). The number of hydrogen-bond donors (Lipinski definition) is 3. The zero-order valence-corrected chi connectivity index (χ0v) is 13.3. The van der Waals surface area contributed by atoms with Gasteiger partial charge in [-0.3, -0.25) is 5.32 Å². The molecule has 0 saturated heterocycles. The number of amides is 3. The number of benzene rings is 2. The van der Waals surface area contributed by atoms with E-state index >= 15 is 0 Å². The lowest BCUT2D eigenvalue weighted by molar-refractivity contribution is 0.154. The molecule has 0 radical (unpaired) electrons. The molecule has 6 heteroatoms. The van der Waals surface area contributed by atoms with E-state index in [1.165, 1.54) is 0 Å². The van der Waals surface area contributed by atoms with Crippen LogP contribution in [0, 0.1) is 6.92 Å². The maximum absolute atomic E-state index is 12.0. The average molecular weight is 325 g/mol. The number of nitrogens with one attached hydrogen (secondary N) is 3. The van der Waals surface area contributed by atoms with Crippen LogP contribution in [0.4, 0.5) is 26.7 Å². The van der Waals surface area contributed by atoms with Crippen LogP contribution in [0.1, 0.15) is 18.4 Å². The Hall–Kier alpha value is -3.02. The number of hydrogen-bond acceptors (Lipinski definition) is 3.